The van der Waals surface area contributed by atoms with Gasteiger partial charge in [0.05, 0.1) is 0 Å². The molecule has 7 heteroatoms. The van der Waals surface area contributed by atoms with Crippen LogP contribution in [0.15, 0.2) is 22.9 Å². The van der Waals surface area contributed by atoms with Gasteiger partial charge in [0.1, 0.15) is 5.69 Å². The van der Waals surface area contributed by atoms with Crippen LogP contribution in [0.5, 0.6) is 0 Å². The minimum atomic E-state index is 0.510. The molecule has 0 radical (unpaired) electrons. The van der Waals surface area contributed by atoms with Crippen LogP contribution >= 0.6 is 0 Å². The van der Waals surface area contributed by atoms with E-state index in [-0.39, 0.29) is 0 Å². The summed E-state index contributed by atoms with van der Waals surface area (Å²) in [7, 11) is 2.18. The summed E-state index contributed by atoms with van der Waals surface area (Å²) >= 11 is 0. The second-order valence-electron chi connectivity index (χ2n) is 5.85. The Hall–Kier alpha value is -1.86. The molecule has 0 aromatic carbocycles. The Bertz CT molecular complexity index is 579. The van der Waals surface area contributed by atoms with E-state index in [9.17, 15) is 0 Å². The summed E-state index contributed by atoms with van der Waals surface area (Å²) in [5.41, 5.74) is 0.643. The van der Waals surface area contributed by atoms with Gasteiger partial charge in [-0.25, -0.2) is 0 Å². The first-order valence-corrected chi connectivity index (χ1v) is 7.75. The monoisotopic (exact) mass is 302 g/mol. The third-order valence-corrected chi connectivity index (χ3v) is 4.21. The van der Waals surface area contributed by atoms with Crippen molar-refractivity contribution in [3.05, 3.63) is 24.2 Å². The molecular weight excluding hydrogens is 280 g/mol. The maximum atomic E-state index is 5.32. The normalized spacial score (nSPS) is 18.5. The van der Waals surface area contributed by atoms with Crippen LogP contribution in [0.2, 0.25) is 0 Å². The predicted octanol–water partition coefficient (Wildman–Crippen LogP) is 1.10. The smallest absolute Gasteiger partial charge is 0.227 e. The van der Waals surface area contributed by atoms with Crippen molar-refractivity contribution >= 4 is 0 Å². The van der Waals surface area contributed by atoms with E-state index >= 15 is 0 Å². The number of likely N-dealkylation sites (N-methyl/N-ethyl adjacent to an activating group) is 1. The van der Waals surface area contributed by atoms with Crippen molar-refractivity contribution < 1.29 is 4.52 Å². The van der Waals surface area contributed by atoms with Crippen LogP contribution in [0, 0.1) is 0 Å². The van der Waals surface area contributed by atoms with Crippen LogP contribution in [0.3, 0.4) is 0 Å². The number of aromatic nitrogens is 4. The standard InChI is InChI=1S/C15H22N6O/c1-12(21-10-8-20(2)9-11-21)5-6-14-17-15(19-22-14)13-4-3-7-16-18-13/h3-4,7,12H,5-6,8-11H2,1-2H3/t12-/m0/s1. The second kappa shape index (κ2) is 6.93. The van der Waals surface area contributed by atoms with Gasteiger partial charge in [-0.2, -0.15) is 10.1 Å². The summed E-state index contributed by atoms with van der Waals surface area (Å²) < 4.78 is 5.32. The highest BCUT2D eigenvalue weighted by Gasteiger charge is 2.20. The maximum Gasteiger partial charge on any atom is 0.227 e. The Morgan fingerprint density at radius 3 is 2.82 bits per heavy atom. The van der Waals surface area contributed by atoms with E-state index in [1.165, 1.54) is 0 Å². The van der Waals surface area contributed by atoms with Crippen LogP contribution in [-0.2, 0) is 6.42 Å². The van der Waals surface area contributed by atoms with Crippen LogP contribution in [0.1, 0.15) is 19.2 Å². The van der Waals surface area contributed by atoms with E-state index in [1.54, 1.807) is 6.20 Å². The van der Waals surface area contributed by atoms with E-state index in [4.69, 9.17) is 4.52 Å². The van der Waals surface area contributed by atoms with E-state index in [2.05, 4.69) is 44.1 Å². The topological polar surface area (TPSA) is 71.2 Å². The third-order valence-electron chi connectivity index (χ3n) is 4.21. The molecule has 0 N–H and O–H groups in total. The average Bonchev–Trinajstić information content (AvgIpc) is 3.03. The van der Waals surface area contributed by atoms with Crippen molar-refractivity contribution in [1.82, 2.24) is 30.1 Å². The highest BCUT2D eigenvalue weighted by Crippen LogP contribution is 2.14. The summed E-state index contributed by atoms with van der Waals surface area (Å²) in [5, 5.41) is 11.8. The first kappa shape index (κ1) is 15.1. The zero-order chi connectivity index (χ0) is 15.4. The van der Waals surface area contributed by atoms with Crippen LogP contribution < -0.4 is 0 Å². The molecule has 1 aliphatic heterocycles. The van der Waals surface area contributed by atoms with Gasteiger partial charge in [-0.05, 0) is 32.5 Å². The molecule has 0 saturated carbocycles. The lowest BCUT2D eigenvalue weighted by Crippen LogP contribution is -2.48. The fourth-order valence-corrected chi connectivity index (χ4v) is 2.66. The molecule has 0 amide bonds. The minimum Gasteiger partial charge on any atom is -0.339 e. The van der Waals surface area contributed by atoms with Crippen LogP contribution in [0.4, 0.5) is 0 Å². The summed E-state index contributed by atoms with van der Waals surface area (Å²) in [6.07, 6.45) is 3.44. The van der Waals surface area contributed by atoms with Crippen molar-refractivity contribution in [3.63, 3.8) is 0 Å². The SMILES string of the molecule is C[C@@H](CCc1nc(-c2cccnn2)no1)N1CCN(C)CC1. The minimum absolute atomic E-state index is 0.510. The van der Waals surface area contributed by atoms with Gasteiger partial charge in [0.25, 0.3) is 0 Å². The molecule has 0 aliphatic carbocycles. The first-order valence-electron chi connectivity index (χ1n) is 7.75. The van der Waals surface area contributed by atoms with E-state index < -0.39 is 0 Å². The summed E-state index contributed by atoms with van der Waals surface area (Å²) in [6.45, 7) is 6.81. The van der Waals surface area contributed by atoms with Gasteiger partial charge in [-0.15, -0.1) is 5.10 Å². The number of hydrogen-bond acceptors (Lipinski definition) is 7. The Labute approximate surface area is 130 Å². The number of nitrogens with zero attached hydrogens (tertiary/aromatic N) is 6. The number of aryl methyl sites for hydroxylation is 1. The Kier molecular flexibility index (Phi) is 4.74. The van der Waals surface area contributed by atoms with Gasteiger partial charge in [0.15, 0.2) is 0 Å². The van der Waals surface area contributed by atoms with Crippen molar-refractivity contribution in [2.24, 2.45) is 0 Å². The Morgan fingerprint density at radius 1 is 1.27 bits per heavy atom. The fourth-order valence-electron chi connectivity index (χ4n) is 2.66. The summed E-state index contributed by atoms with van der Waals surface area (Å²) in [4.78, 5) is 9.30. The fraction of sp³-hybridized carbons (Fsp3) is 0.600. The second-order valence-corrected chi connectivity index (χ2v) is 5.85. The molecule has 1 aliphatic rings. The molecule has 118 valence electrons. The molecule has 0 unspecified atom stereocenters. The van der Waals surface area contributed by atoms with Crippen molar-refractivity contribution in [1.29, 1.82) is 0 Å². The number of rotatable bonds is 5. The largest absolute Gasteiger partial charge is 0.339 e. The lowest BCUT2D eigenvalue weighted by atomic mass is 10.1. The molecule has 1 saturated heterocycles. The zero-order valence-electron chi connectivity index (χ0n) is 13.1. The van der Waals surface area contributed by atoms with Crippen LogP contribution in [-0.4, -0.2) is 69.4 Å². The highest BCUT2D eigenvalue weighted by molar-refractivity contribution is 5.46. The van der Waals surface area contributed by atoms with Crippen molar-refractivity contribution in [2.75, 3.05) is 33.2 Å². The summed E-state index contributed by atoms with van der Waals surface area (Å²) in [6, 6.07) is 4.17. The molecule has 0 spiro atoms. The molecule has 2 aromatic heterocycles. The van der Waals surface area contributed by atoms with Crippen LogP contribution in [0.25, 0.3) is 11.5 Å². The third kappa shape index (κ3) is 3.66. The maximum absolute atomic E-state index is 5.32. The highest BCUT2D eigenvalue weighted by atomic mass is 16.5. The van der Waals surface area contributed by atoms with Gasteiger partial charge in [-0.3, -0.25) is 4.90 Å². The molecule has 1 fully saturated rings. The first-order chi connectivity index (χ1) is 10.7. The molecule has 22 heavy (non-hydrogen) atoms. The van der Waals surface area contributed by atoms with E-state index in [1.807, 2.05) is 12.1 Å². The Balaban J connectivity index is 1.53. The number of hydrogen-bond donors (Lipinski definition) is 0. The predicted molar refractivity (Wildman–Crippen MR) is 82.2 cm³/mol. The van der Waals surface area contributed by atoms with E-state index in [0.717, 1.165) is 39.0 Å². The lowest BCUT2D eigenvalue weighted by molar-refractivity contribution is 0.113. The number of piperazine rings is 1. The van der Waals surface area contributed by atoms with Gasteiger partial charge in [0, 0.05) is 44.8 Å². The van der Waals surface area contributed by atoms with Crippen molar-refractivity contribution in [2.45, 2.75) is 25.8 Å². The van der Waals surface area contributed by atoms with Gasteiger partial charge in [-0.1, -0.05) is 5.16 Å². The zero-order valence-corrected chi connectivity index (χ0v) is 13.1. The van der Waals surface area contributed by atoms with E-state index in [0.29, 0.717) is 23.5 Å². The molecule has 0 bridgehead atoms. The lowest BCUT2D eigenvalue weighted by Gasteiger charge is -2.36. The van der Waals surface area contributed by atoms with Gasteiger partial charge in [0.2, 0.25) is 11.7 Å². The van der Waals surface area contributed by atoms with Gasteiger partial charge < -0.3 is 9.42 Å². The average molecular weight is 302 g/mol. The molecule has 3 rings (SSSR count). The molecule has 7 nitrogen and oxygen atoms in total. The molecule has 2 aromatic rings. The molecule has 3 heterocycles. The molecular formula is C15H22N6O. The van der Waals surface area contributed by atoms with Gasteiger partial charge >= 0.3 is 0 Å². The Morgan fingerprint density at radius 2 is 2.09 bits per heavy atom. The summed E-state index contributed by atoms with van der Waals surface area (Å²) in [5.74, 6) is 1.18. The molecule has 1 atom stereocenters. The quantitative estimate of drug-likeness (QED) is 0.819. The van der Waals surface area contributed by atoms with Crippen molar-refractivity contribution in [3.8, 4) is 11.5 Å².